The molecule has 1 aromatic carbocycles. The molecule has 32 heavy (non-hydrogen) atoms. The van der Waals surface area contributed by atoms with Gasteiger partial charge in [-0.25, -0.2) is 4.98 Å². The summed E-state index contributed by atoms with van der Waals surface area (Å²) in [5.74, 6) is 0.776. The molecular weight excluding hydrogens is 424 g/mol. The largest absolute Gasteiger partial charge is 0.491 e. The standard InChI is InChI=1S/C24H32N4O3S/c1-15(2)22-13-28-24(32-22)18-9-17(23(29)27-12-19(26)7-6-16(3)25)10-21(11-18)31-14-20-5-4-8-30-20/h6-7,9-11,13,15,20H,4-5,8,12,14,25-26H2,1-3H3,(H,27,29)/b16-6-,19-7-. The number of rotatable bonds is 9. The highest BCUT2D eigenvalue weighted by atomic mass is 32.1. The number of nitrogens with zero attached hydrogens (tertiary/aromatic N) is 1. The van der Waals surface area contributed by atoms with Gasteiger partial charge in [0.05, 0.1) is 12.6 Å². The van der Waals surface area contributed by atoms with E-state index in [9.17, 15) is 4.79 Å². The van der Waals surface area contributed by atoms with E-state index in [4.69, 9.17) is 20.9 Å². The molecule has 2 heterocycles. The maximum absolute atomic E-state index is 12.9. The fourth-order valence-electron chi connectivity index (χ4n) is 3.17. The van der Waals surface area contributed by atoms with Crippen LogP contribution in [0.3, 0.4) is 0 Å². The second-order valence-corrected chi connectivity index (χ2v) is 9.31. The molecule has 1 atom stereocenters. The van der Waals surface area contributed by atoms with Crippen molar-refractivity contribution in [1.82, 2.24) is 10.3 Å². The van der Waals surface area contributed by atoms with Crippen molar-refractivity contribution in [3.63, 3.8) is 0 Å². The van der Waals surface area contributed by atoms with Gasteiger partial charge in [-0.2, -0.15) is 0 Å². The summed E-state index contributed by atoms with van der Waals surface area (Å²) in [5.41, 5.74) is 14.1. The maximum atomic E-state index is 12.9. The third-order valence-corrected chi connectivity index (χ3v) is 6.33. The molecule has 8 heteroatoms. The van der Waals surface area contributed by atoms with Gasteiger partial charge in [-0.3, -0.25) is 4.79 Å². The predicted octanol–water partition coefficient (Wildman–Crippen LogP) is 3.93. The van der Waals surface area contributed by atoms with Crippen LogP contribution in [0.15, 0.2) is 47.9 Å². The van der Waals surface area contributed by atoms with Gasteiger partial charge in [-0.15, -0.1) is 11.3 Å². The van der Waals surface area contributed by atoms with Gasteiger partial charge in [0.1, 0.15) is 17.4 Å². The molecule has 1 fully saturated rings. The minimum Gasteiger partial charge on any atom is -0.491 e. The van der Waals surface area contributed by atoms with E-state index in [1.54, 1.807) is 36.5 Å². The lowest BCUT2D eigenvalue weighted by Gasteiger charge is -2.14. The summed E-state index contributed by atoms with van der Waals surface area (Å²) in [6, 6.07) is 5.51. The molecule has 0 radical (unpaired) electrons. The minimum atomic E-state index is -0.237. The van der Waals surface area contributed by atoms with E-state index in [-0.39, 0.29) is 18.6 Å². The Kier molecular flexibility index (Phi) is 8.30. The second-order valence-electron chi connectivity index (χ2n) is 8.25. The lowest BCUT2D eigenvalue weighted by Crippen LogP contribution is -2.28. The van der Waals surface area contributed by atoms with E-state index in [0.717, 1.165) is 30.0 Å². The Morgan fingerprint density at radius 2 is 2.16 bits per heavy atom. The predicted molar refractivity (Wildman–Crippen MR) is 129 cm³/mol. The molecule has 1 aliphatic rings. The highest BCUT2D eigenvalue weighted by molar-refractivity contribution is 7.15. The van der Waals surface area contributed by atoms with E-state index in [1.165, 1.54) is 4.88 Å². The molecule has 0 bridgehead atoms. The van der Waals surface area contributed by atoms with E-state index in [2.05, 4.69) is 24.1 Å². The van der Waals surface area contributed by atoms with Gasteiger partial charge in [0.15, 0.2) is 0 Å². The van der Waals surface area contributed by atoms with Gasteiger partial charge in [-0.05, 0) is 56.0 Å². The first-order valence-electron chi connectivity index (χ1n) is 10.8. The molecule has 1 aromatic heterocycles. The number of benzene rings is 1. The quantitative estimate of drug-likeness (QED) is 0.493. The topological polar surface area (TPSA) is 112 Å². The summed E-state index contributed by atoms with van der Waals surface area (Å²) in [6.07, 6.45) is 7.40. The Hall–Kier alpha value is -2.84. The SMILES string of the molecule is C/C(N)=C/C=C(\N)CNC(=O)c1cc(OCC2CCCO2)cc(-c2ncc(C(C)C)s2)c1. The summed E-state index contributed by atoms with van der Waals surface area (Å²) in [5, 5.41) is 3.70. The number of hydrogen-bond donors (Lipinski definition) is 3. The Morgan fingerprint density at radius 3 is 2.81 bits per heavy atom. The molecule has 3 rings (SSSR count). The van der Waals surface area contributed by atoms with Crippen molar-refractivity contribution >= 4 is 17.2 Å². The van der Waals surface area contributed by atoms with Gasteiger partial charge in [0.2, 0.25) is 0 Å². The monoisotopic (exact) mass is 456 g/mol. The highest BCUT2D eigenvalue weighted by Crippen LogP contribution is 2.32. The molecule has 0 saturated carbocycles. The lowest BCUT2D eigenvalue weighted by atomic mass is 10.1. The number of ether oxygens (including phenoxy) is 2. The van der Waals surface area contributed by atoms with E-state index >= 15 is 0 Å². The molecule has 0 aliphatic carbocycles. The minimum absolute atomic E-state index is 0.0901. The smallest absolute Gasteiger partial charge is 0.251 e. The average Bonchev–Trinajstić information content (AvgIpc) is 3.46. The van der Waals surface area contributed by atoms with Crippen LogP contribution in [0.2, 0.25) is 0 Å². The molecule has 0 spiro atoms. The van der Waals surface area contributed by atoms with Crippen molar-refractivity contribution < 1.29 is 14.3 Å². The second kappa shape index (κ2) is 11.2. The van der Waals surface area contributed by atoms with Crippen LogP contribution in [0.4, 0.5) is 0 Å². The maximum Gasteiger partial charge on any atom is 0.251 e. The van der Waals surface area contributed by atoms with E-state index in [1.807, 2.05) is 18.3 Å². The number of hydrogen-bond acceptors (Lipinski definition) is 7. The van der Waals surface area contributed by atoms with Crippen molar-refractivity contribution in [3.05, 3.63) is 58.4 Å². The molecule has 1 aliphatic heterocycles. The van der Waals surface area contributed by atoms with Gasteiger partial charge in [0, 0.05) is 40.2 Å². The summed E-state index contributed by atoms with van der Waals surface area (Å²) >= 11 is 1.62. The zero-order valence-electron chi connectivity index (χ0n) is 18.9. The van der Waals surface area contributed by atoms with Crippen molar-refractivity contribution in [2.75, 3.05) is 19.8 Å². The van der Waals surface area contributed by atoms with Crippen molar-refractivity contribution in [3.8, 4) is 16.3 Å². The molecule has 172 valence electrons. The van der Waals surface area contributed by atoms with Gasteiger partial charge in [-0.1, -0.05) is 13.8 Å². The van der Waals surface area contributed by atoms with Crippen molar-refractivity contribution in [2.24, 2.45) is 11.5 Å². The van der Waals surface area contributed by atoms with Crippen LogP contribution in [-0.4, -0.2) is 36.8 Å². The van der Waals surface area contributed by atoms with Crippen molar-refractivity contribution in [2.45, 2.75) is 45.6 Å². The summed E-state index contributed by atoms with van der Waals surface area (Å²) in [7, 11) is 0. The zero-order valence-corrected chi connectivity index (χ0v) is 19.7. The number of carbonyl (C=O) groups is 1. The number of thiazole rings is 1. The van der Waals surface area contributed by atoms with Crippen LogP contribution in [0, 0.1) is 0 Å². The summed E-state index contributed by atoms with van der Waals surface area (Å²) in [4.78, 5) is 18.6. The fourth-order valence-corrected chi connectivity index (χ4v) is 4.08. The molecular formula is C24H32N4O3S. The van der Waals surface area contributed by atoms with Crippen LogP contribution in [0.25, 0.3) is 10.6 Å². The molecule has 1 amide bonds. The van der Waals surface area contributed by atoms with Crippen molar-refractivity contribution in [1.29, 1.82) is 0 Å². The molecule has 7 nitrogen and oxygen atoms in total. The van der Waals surface area contributed by atoms with Crippen LogP contribution in [0.5, 0.6) is 5.75 Å². The fraction of sp³-hybridized carbons (Fsp3) is 0.417. The molecule has 5 N–H and O–H groups in total. The summed E-state index contributed by atoms with van der Waals surface area (Å²) in [6.45, 7) is 7.49. The van der Waals surface area contributed by atoms with E-state index in [0.29, 0.717) is 35.2 Å². The number of allylic oxidation sites excluding steroid dienone is 3. The van der Waals surface area contributed by atoms with Crippen LogP contribution in [0.1, 0.15) is 54.8 Å². The number of carbonyl (C=O) groups excluding carboxylic acids is 1. The Morgan fingerprint density at radius 1 is 1.34 bits per heavy atom. The Labute approximate surface area is 193 Å². The number of aromatic nitrogens is 1. The van der Waals surface area contributed by atoms with Crippen LogP contribution >= 0.6 is 11.3 Å². The normalized spacial score (nSPS) is 17.1. The third-order valence-electron chi connectivity index (χ3n) is 4.98. The molecule has 1 unspecified atom stereocenters. The summed E-state index contributed by atoms with van der Waals surface area (Å²) < 4.78 is 11.7. The Balaban J connectivity index is 1.80. The van der Waals surface area contributed by atoms with Crippen LogP contribution < -0.4 is 21.5 Å². The number of nitrogens with two attached hydrogens (primary N) is 2. The highest BCUT2D eigenvalue weighted by Gasteiger charge is 2.18. The average molecular weight is 457 g/mol. The zero-order chi connectivity index (χ0) is 23.1. The van der Waals surface area contributed by atoms with Crippen LogP contribution in [-0.2, 0) is 4.74 Å². The first-order chi connectivity index (χ1) is 15.3. The first-order valence-corrected chi connectivity index (χ1v) is 11.7. The molecule has 2 aromatic rings. The molecule has 1 saturated heterocycles. The Bertz CT molecular complexity index is 987. The first kappa shape index (κ1) is 23.8. The van der Waals surface area contributed by atoms with Gasteiger partial charge >= 0.3 is 0 Å². The van der Waals surface area contributed by atoms with Gasteiger partial charge in [0.25, 0.3) is 5.91 Å². The lowest BCUT2D eigenvalue weighted by molar-refractivity contribution is 0.0679. The number of nitrogens with one attached hydrogen (secondary N) is 1. The van der Waals surface area contributed by atoms with Gasteiger partial charge < -0.3 is 26.3 Å². The number of amides is 1. The third kappa shape index (κ3) is 6.83. The van der Waals surface area contributed by atoms with E-state index < -0.39 is 0 Å².